The van der Waals surface area contributed by atoms with Crippen molar-refractivity contribution >= 4 is 34.3 Å². The number of rotatable bonds is 5. The molecule has 2 aromatic heterocycles. The van der Waals surface area contributed by atoms with Gasteiger partial charge in [-0.15, -0.1) is 0 Å². The Labute approximate surface area is 151 Å². The van der Waals surface area contributed by atoms with Crippen LogP contribution in [-0.4, -0.2) is 15.0 Å². The fourth-order valence-electron chi connectivity index (χ4n) is 2.79. The van der Waals surface area contributed by atoms with Crippen LogP contribution in [0.15, 0.2) is 59.3 Å². The maximum absolute atomic E-state index is 5.78. The van der Waals surface area contributed by atoms with Gasteiger partial charge in [0.15, 0.2) is 5.58 Å². The molecule has 0 aliphatic rings. The first kappa shape index (κ1) is 16.1. The molecule has 2 heterocycles. The number of nitrogens with one attached hydrogen (secondary N) is 2. The Morgan fingerprint density at radius 2 is 1.88 bits per heavy atom. The van der Waals surface area contributed by atoms with Crippen LogP contribution in [-0.2, 0) is 6.42 Å². The Kier molecular flexibility index (Phi) is 4.23. The Morgan fingerprint density at radius 1 is 1.00 bits per heavy atom. The number of aryl methyl sites for hydroxylation is 2. The number of nitrogens with zero attached hydrogens (tertiary/aromatic N) is 3. The van der Waals surface area contributed by atoms with Crippen molar-refractivity contribution in [2.75, 3.05) is 10.6 Å². The molecule has 0 amide bonds. The van der Waals surface area contributed by atoms with Gasteiger partial charge in [0.1, 0.15) is 17.7 Å². The van der Waals surface area contributed by atoms with Crippen LogP contribution in [0.25, 0.3) is 11.1 Å². The highest BCUT2D eigenvalue weighted by atomic mass is 16.4. The lowest BCUT2D eigenvalue weighted by molar-refractivity contribution is 0.623. The van der Waals surface area contributed by atoms with Crippen molar-refractivity contribution in [1.82, 2.24) is 15.0 Å². The van der Waals surface area contributed by atoms with Crippen molar-refractivity contribution in [2.24, 2.45) is 0 Å². The van der Waals surface area contributed by atoms with Gasteiger partial charge in [0, 0.05) is 23.1 Å². The van der Waals surface area contributed by atoms with Crippen LogP contribution in [0.4, 0.5) is 23.2 Å². The highest BCUT2D eigenvalue weighted by molar-refractivity contribution is 5.76. The molecule has 4 rings (SSSR count). The number of aromatic nitrogens is 3. The number of para-hydroxylation sites is 2. The third kappa shape index (κ3) is 3.35. The van der Waals surface area contributed by atoms with Gasteiger partial charge in [0.2, 0.25) is 0 Å². The zero-order valence-corrected chi connectivity index (χ0v) is 14.7. The van der Waals surface area contributed by atoms with E-state index >= 15 is 0 Å². The lowest BCUT2D eigenvalue weighted by Crippen LogP contribution is -1.99. The van der Waals surface area contributed by atoms with E-state index in [0.29, 0.717) is 6.01 Å². The minimum Gasteiger partial charge on any atom is -0.423 e. The third-order valence-corrected chi connectivity index (χ3v) is 4.10. The van der Waals surface area contributed by atoms with Gasteiger partial charge in [-0.1, -0.05) is 25.1 Å². The molecule has 6 heteroatoms. The summed E-state index contributed by atoms with van der Waals surface area (Å²) in [4.78, 5) is 12.9. The second-order valence-electron chi connectivity index (χ2n) is 6.01. The molecule has 0 spiro atoms. The summed E-state index contributed by atoms with van der Waals surface area (Å²) >= 11 is 0. The summed E-state index contributed by atoms with van der Waals surface area (Å²) in [5.41, 5.74) is 5.57. The van der Waals surface area contributed by atoms with Gasteiger partial charge in [-0.3, -0.25) is 0 Å². The molecule has 0 aliphatic heterocycles. The summed E-state index contributed by atoms with van der Waals surface area (Å²) in [5.74, 6) is 0.759. The molecule has 0 bridgehead atoms. The van der Waals surface area contributed by atoms with Crippen LogP contribution in [0.3, 0.4) is 0 Å². The number of hydrogen-bond donors (Lipinski definition) is 2. The monoisotopic (exact) mass is 345 g/mol. The van der Waals surface area contributed by atoms with Crippen molar-refractivity contribution in [3.05, 3.63) is 66.1 Å². The summed E-state index contributed by atoms with van der Waals surface area (Å²) in [5, 5.41) is 6.61. The molecule has 6 nitrogen and oxygen atoms in total. The van der Waals surface area contributed by atoms with Crippen molar-refractivity contribution in [3.63, 3.8) is 0 Å². The smallest absolute Gasteiger partial charge is 0.300 e. The van der Waals surface area contributed by atoms with E-state index in [2.05, 4.69) is 38.6 Å². The van der Waals surface area contributed by atoms with Crippen molar-refractivity contribution < 1.29 is 4.42 Å². The fraction of sp³-hybridized carbons (Fsp3) is 0.150. The molecular formula is C20H19N5O. The standard InChI is InChI=1S/C20H19N5O/c1-3-14-8-9-15(23-19-10-13(2)21-12-22-19)11-17(14)25-20-24-16-6-4-5-7-18(16)26-20/h4-12H,3H2,1-2H3,(H,24,25)(H,21,22,23). The molecule has 130 valence electrons. The molecule has 2 aromatic carbocycles. The number of benzene rings is 2. The molecular weight excluding hydrogens is 326 g/mol. The minimum atomic E-state index is 0.482. The highest BCUT2D eigenvalue weighted by Crippen LogP contribution is 2.28. The van der Waals surface area contributed by atoms with E-state index in [1.165, 1.54) is 5.56 Å². The van der Waals surface area contributed by atoms with Crippen LogP contribution in [0.5, 0.6) is 0 Å². The molecule has 0 unspecified atom stereocenters. The molecule has 2 N–H and O–H groups in total. The van der Waals surface area contributed by atoms with Gasteiger partial charge in [-0.2, -0.15) is 4.98 Å². The predicted molar refractivity (Wildman–Crippen MR) is 103 cm³/mol. The van der Waals surface area contributed by atoms with E-state index in [9.17, 15) is 0 Å². The minimum absolute atomic E-state index is 0.482. The fourth-order valence-corrected chi connectivity index (χ4v) is 2.79. The summed E-state index contributed by atoms with van der Waals surface area (Å²) in [6.07, 6.45) is 2.45. The van der Waals surface area contributed by atoms with Crippen molar-refractivity contribution in [1.29, 1.82) is 0 Å². The SMILES string of the molecule is CCc1ccc(Nc2cc(C)ncn2)cc1Nc1nc2ccccc2o1. The average Bonchev–Trinajstić information content (AvgIpc) is 3.04. The van der Waals surface area contributed by atoms with E-state index in [0.717, 1.165) is 40.4 Å². The van der Waals surface area contributed by atoms with E-state index in [1.54, 1.807) is 6.33 Å². The van der Waals surface area contributed by atoms with E-state index in [4.69, 9.17) is 4.42 Å². The first-order valence-electron chi connectivity index (χ1n) is 8.52. The maximum atomic E-state index is 5.78. The Balaban J connectivity index is 1.63. The molecule has 0 aliphatic carbocycles. The quantitative estimate of drug-likeness (QED) is 0.531. The predicted octanol–water partition coefficient (Wildman–Crippen LogP) is 4.98. The van der Waals surface area contributed by atoms with Crippen LogP contribution in [0.1, 0.15) is 18.2 Å². The van der Waals surface area contributed by atoms with Crippen LogP contribution < -0.4 is 10.6 Å². The second kappa shape index (κ2) is 6.84. The van der Waals surface area contributed by atoms with Crippen LogP contribution in [0, 0.1) is 6.92 Å². The van der Waals surface area contributed by atoms with E-state index < -0.39 is 0 Å². The molecule has 4 aromatic rings. The van der Waals surface area contributed by atoms with Gasteiger partial charge in [0.05, 0.1) is 0 Å². The first-order valence-corrected chi connectivity index (χ1v) is 8.52. The van der Waals surface area contributed by atoms with E-state index in [1.807, 2.05) is 49.4 Å². The second-order valence-corrected chi connectivity index (χ2v) is 6.01. The number of fused-ring (bicyclic) bond motifs is 1. The topological polar surface area (TPSA) is 75.9 Å². The summed E-state index contributed by atoms with van der Waals surface area (Å²) in [6.45, 7) is 4.06. The van der Waals surface area contributed by atoms with Crippen LogP contribution >= 0.6 is 0 Å². The molecule has 0 atom stereocenters. The summed E-state index contributed by atoms with van der Waals surface area (Å²) < 4.78 is 5.78. The zero-order chi connectivity index (χ0) is 17.9. The Hall–Kier alpha value is -3.41. The third-order valence-electron chi connectivity index (χ3n) is 4.10. The van der Waals surface area contributed by atoms with Gasteiger partial charge < -0.3 is 15.1 Å². The van der Waals surface area contributed by atoms with Gasteiger partial charge in [-0.25, -0.2) is 9.97 Å². The normalized spacial score (nSPS) is 10.8. The lowest BCUT2D eigenvalue weighted by Gasteiger charge is -2.12. The first-order chi connectivity index (χ1) is 12.7. The number of anilines is 4. The summed E-state index contributed by atoms with van der Waals surface area (Å²) in [7, 11) is 0. The largest absolute Gasteiger partial charge is 0.423 e. The van der Waals surface area contributed by atoms with Gasteiger partial charge >= 0.3 is 0 Å². The molecule has 0 saturated carbocycles. The number of hydrogen-bond acceptors (Lipinski definition) is 6. The highest BCUT2D eigenvalue weighted by Gasteiger charge is 2.09. The Bertz CT molecular complexity index is 1020. The summed E-state index contributed by atoms with van der Waals surface area (Å²) in [6, 6.07) is 16.3. The van der Waals surface area contributed by atoms with E-state index in [-0.39, 0.29) is 0 Å². The van der Waals surface area contributed by atoms with Gasteiger partial charge in [0.25, 0.3) is 6.01 Å². The maximum Gasteiger partial charge on any atom is 0.300 e. The molecule has 0 fully saturated rings. The lowest BCUT2D eigenvalue weighted by atomic mass is 10.1. The number of oxazole rings is 1. The zero-order valence-electron chi connectivity index (χ0n) is 14.7. The Morgan fingerprint density at radius 3 is 2.69 bits per heavy atom. The molecule has 0 radical (unpaired) electrons. The van der Waals surface area contributed by atoms with Gasteiger partial charge in [-0.05, 0) is 43.2 Å². The van der Waals surface area contributed by atoms with Crippen LogP contribution in [0.2, 0.25) is 0 Å². The average molecular weight is 345 g/mol. The molecule has 0 saturated heterocycles. The van der Waals surface area contributed by atoms with Crippen molar-refractivity contribution in [2.45, 2.75) is 20.3 Å². The molecule has 26 heavy (non-hydrogen) atoms. The van der Waals surface area contributed by atoms with Crippen molar-refractivity contribution in [3.8, 4) is 0 Å².